The highest BCUT2D eigenvalue weighted by Gasteiger charge is 2.30. The lowest BCUT2D eigenvalue weighted by atomic mass is 10.0. The Kier molecular flexibility index (Phi) is 4.59. The number of fused-ring (bicyclic) bond motifs is 1. The number of nitrogens with one attached hydrogen (secondary N) is 1. The number of alkyl halides is 3. The molecule has 0 atom stereocenters. The fourth-order valence-corrected chi connectivity index (χ4v) is 4.30. The molecular formula is C19H18F3N3OS. The molecule has 2 N–H and O–H groups in total. The SMILES string of the molecule is Oc1cccc2sc(N3CCC(Nc4ccc(C(F)(F)F)cc4)CC3)nc12. The standard InChI is InChI=1S/C19H18F3N3OS/c20-19(21,22)12-4-6-13(7-5-12)23-14-8-10-25(11-9-14)18-24-17-15(26)2-1-3-16(17)27-18/h1-7,14,23,26H,8-11H2. The Labute approximate surface area is 158 Å². The molecule has 0 aliphatic carbocycles. The number of para-hydroxylation sites is 1. The Hall–Kier alpha value is -2.48. The van der Waals surface area contributed by atoms with Crippen molar-refractivity contribution in [1.29, 1.82) is 0 Å². The van der Waals surface area contributed by atoms with Crippen LogP contribution in [0, 0.1) is 0 Å². The number of nitrogens with zero attached hydrogens (tertiary/aromatic N) is 2. The van der Waals surface area contributed by atoms with Crippen LogP contribution in [0.5, 0.6) is 5.75 Å². The lowest BCUT2D eigenvalue weighted by Crippen LogP contribution is -2.39. The molecule has 1 saturated heterocycles. The second kappa shape index (κ2) is 6.92. The first-order chi connectivity index (χ1) is 12.9. The Bertz CT molecular complexity index is 932. The number of benzene rings is 2. The van der Waals surface area contributed by atoms with Gasteiger partial charge in [-0.15, -0.1) is 0 Å². The minimum absolute atomic E-state index is 0.189. The van der Waals surface area contributed by atoms with Crippen LogP contribution in [0.15, 0.2) is 42.5 Å². The quantitative estimate of drug-likeness (QED) is 0.650. The average molecular weight is 393 g/mol. The minimum atomic E-state index is -4.31. The molecule has 142 valence electrons. The van der Waals surface area contributed by atoms with Crippen LogP contribution < -0.4 is 10.2 Å². The maximum absolute atomic E-state index is 12.6. The first-order valence-corrected chi connectivity index (χ1v) is 9.49. The van der Waals surface area contributed by atoms with E-state index in [0.29, 0.717) is 11.2 Å². The van der Waals surface area contributed by atoms with E-state index in [1.165, 1.54) is 12.1 Å². The second-order valence-corrected chi connectivity index (χ2v) is 7.61. The van der Waals surface area contributed by atoms with Crippen LogP contribution in [-0.2, 0) is 6.18 Å². The number of piperidine rings is 1. The van der Waals surface area contributed by atoms with Crippen LogP contribution in [0.3, 0.4) is 0 Å². The molecule has 8 heteroatoms. The predicted octanol–water partition coefficient (Wildman–Crippen LogP) is 5.10. The van der Waals surface area contributed by atoms with E-state index in [-0.39, 0.29) is 11.8 Å². The van der Waals surface area contributed by atoms with Crippen LogP contribution in [0.2, 0.25) is 0 Å². The highest BCUT2D eigenvalue weighted by molar-refractivity contribution is 7.22. The van der Waals surface area contributed by atoms with Gasteiger partial charge in [-0.1, -0.05) is 17.4 Å². The molecule has 1 aromatic heterocycles. The topological polar surface area (TPSA) is 48.4 Å². The number of aromatic nitrogens is 1. The largest absolute Gasteiger partial charge is 0.506 e. The summed E-state index contributed by atoms with van der Waals surface area (Å²) in [4.78, 5) is 6.73. The maximum atomic E-state index is 12.6. The molecule has 2 heterocycles. The third-order valence-corrected chi connectivity index (χ3v) is 5.82. The van der Waals surface area contributed by atoms with Crippen molar-refractivity contribution < 1.29 is 18.3 Å². The number of rotatable bonds is 3. The third kappa shape index (κ3) is 3.80. The van der Waals surface area contributed by atoms with E-state index in [9.17, 15) is 18.3 Å². The monoisotopic (exact) mass is 393 g/mol. The summed E-state index contributed by atoms with van der Waals surface area (Å²) in [7, 11) is 0. The molecule has 0 bridgehead atoms. The van der Waals surface area contributed by atoms with Gasteiger partial charge in [0.25, 0.3) is 0 Å². The molecule has 2 aromatic carbocycles. The van der Waals surface area contributed by atoms with Gasteiger partial charge in [-0.25, -0.2) is 4.98 Å². The van der Waals surface area contributed by atoms with E-state index in [1.54, 1.807) is 23.5 Å². The average Bonchev–Trinajstić information content (AvgIpc) is 3.08. The molecule has 4 rings (SSSR count). The highest BCUT2D eigenvalue weighted by atomic mass is 32.1. The molecule has 27 heavy (non-hydrogen) atoms. The number of thiazole rings is 1. The summed E-state index contributed by atoms with van der Waals surface area (Å²) < 4.78 is 38.9. The lowest BCUT2D eigenvalue weighted by molar-refractivity contribution is -0.137. The van der Waals surface area contributed by atoms with E-state index in [2.05, 4.69) is 15.2 Å². The van der Waals surface area contributed by atoms with Crippen molar-refractivity contribution >= 4 is 32.4 Å². The summed E-state index contributed by atoms with van der Waals surface area (Å²) in [6, 6.07) is 10.7. The van der Waals surface area contributed by atoms with Gasteiger partial charge in [0, 0.05) is 24.8 Å². The van der Waals surface area contributed by atoms with Gasteiger partial charge in [0.15, 0.2) is 5.13 Å². The Balaban J connectivity index is 1.38. The molecule has 0 spiro atoms. The Morgan fingerprint density at radius 2 is 1.78 bits per heavy atom. The number of phenolic OH excluding ortho intramolecular Hbond substituents is 1. The number of aromatic hydroxyl groups is 1. The van der Waals surface area contributed by atoms with E-state index in [4.69, 9.17) is 0 Å². The van der Waals surface area contributed by atoms with Gasteiger partial charge < -0.3 is 15.3 Å². The molecule has 0 radical (unpaired) electrons. The number of phenols is 1. The van der Waals surface area contributed by atoms with E-state index in [0.717, 1.165) is 47.9 Å². The van der Waals surface area contributed by atoms with Crippen LogP contribution >= 0.6 is 11.3 Å². The van der Waals surface area contributed by atoms with Gasteiger partial charge in [-0.3, -0.25) is 0 Å². The zero-order valence-electron chi connectivity index (χ0n) is 14.3. The van der Waals surface area contributed by atoms with Crippen molar-refractivity contribution in [3.05, 3.63) is 48.0 Å². The second-order valence-electron chi connectivity index (χ2n) is 6.60. The van der Waals surface area contributed by atoms with E-state index in [1.807, 2.05) is 6.07 Å². The fourth-order valence-electron chi connectivity index (χ4n) is 3.26. The zero-order chi connectivity index (χ0) is 19.0. The fraction of sp³-hybridized carbons (Fsp3) is 0.316. The number of anilines is 2. The van der Waals surface area contributed by atoms with Crippen molar-refractivity contribution in [3.63, 3.8) is 0 Å². The van der Waals surface area contributed by atoms with E-state index < -0.39 is 11.7 Å². The minimum Gasteiger partial charge on any atom is -0.506 e. The van der Waals surface area contributed by atoms with Crippen molar-refractivity contribution in [3.8, 4) is 5.75 Å². The summed E-state index contributed by atoms with van der Waals surface area (Å²) in [6.45, 7) is 1.61. The first-order valence-electron chi connectivity index (χ1n) is 8.67. The molecule has 0 saturated carbocycles. The van der Waals surface area contributed by atoms with E-state index >= 15 is 0 Å². The lowest BCUT2D eigenvalue weighted by Gasteiger charge is -2.32. The third-order valence-electron chi connectivity index (χ3n) is 4.73. The zero-order valence-corrected chi connectivity index (χ0v) is 15.1. The highest BCUT2D eigenvalue weighted by Crippen LogP contribution is 2.35. The van der Waals surface area contributed by atoms with Crippen molar-refractivity contribution in [2.24, 2.45) is 0 Å². The summed E-state index contributed by atoms with van der Waals surface area (Å²) >= 11 is 1.55. The van der Waals surface area contributed by atoms with Gasteiger partial charge in [0.1, 0.15) is 11.3 Å². The van der Waals surface area contributed by atoms with Gasteiger partial charge in [0.05, 0.1) is 10.3 Å². The van der Waals surface area contributed by atoms with Gasteiger partial charge in [0.2, 0.25) is 0 Å². The van der Waals surface area contributed by atoms with Crippen molar-refractivity contribution in [1.82, 2.24) is 4.98 Å². The summed E-state index contributed by atoms with van der Waals surface area (Å²) in [5.74, 6) is 0.189. The van der Waals surface area contributed by atoms with Gasteiger partial charge in [-0.05, 0) is 49.2 Å². The smallest absolute Gasteiger partial charge is 0.416 e. The van der Waals surface area contributed by atoms with Gasteiger partial charge >= 0.3 is 6.18 Å². The van der Waals surface area contributed by atoms with Crippen LogP contribution in [0.25, 0.3) is 10.2 Å². The molecule has 1 aliphatic heterocycles. The summed E-state index contributed by atoms with van der Waals surface area (Å²) in [6.07, 6.45) is -2.58. The Morgan fingerprint density at radius 1 is 1.07 bits per heavy atom. The van der Waals surface area contributed by atoms with Gasteiger partial charge in [-0.2, -0.15) is 13.2 Å². The molecule has 0 unspecified atom stereocenters. The predicted molar refractivity (Wildman–Crippen MR) is 102 cm³/mol. The molecule has 1 aliphatic rings. The number of halogens is 3. The summed E-state index contributed by atoms with van der Waals surface area (Å²) in [5, 5.41) is 14.1. The number of hydrogen-bond acceptors (Lipinski definition) is 5. The van der Waals surface area contributed by atoms with Crippen molar-refractivity contribution in [2.75, 3.05) is 23.3 Å². The molecule has 0 amide bonds. The maximum Gasteiger partial charge on any atom is 0.416 e. The normalized spacial score (nSPS) is 16.0. The number of hydrogen-bond donors (Lipinski definition) is 2. The first kappa shape index (κ1) is 17.9. The van der Waals surface area contributed by atoms with Crippen LogP contribution in [0.1, 0.15) is 18.4 Å². The molecule has 4 nitrogen and oxygen atoms in total. The van der Waals surface area contributed by atoms with Crippen LogP contribution in [-0.4, -0.2) is 29.2 Å². The molecule has 3 aromatic rings. The Morgan fingerprint density at radius 3 is 2.41 bits per heavy atom. The van der Waals surface area contributed by atoms with Crippen molar-refractivity contribution in [2.45, 2.75) is 25.1 Å². The molecule has 1 fully saturated rings. The molecular weight excluding hydrogens is 375 g/mol. The summed E-state index contributed by atoms with van der Waals surface area (Å²) in [5.41, 5.74) is 0.691. The van der Waals surface area contributed by atoms with Crippen LogP contribution in [0.4, 0.5) is 24.0 Å².